The van der Waals surface area contributed by atoms with Crippen LogP contribution in [-0.2, 0) is 0 Å². The van der Waals surface area contributed by atoms with Crippen molar-refractivity contribution in [2.45, 2.75) is 30.6 Å². The number of carbonyl (C=O) groups excluding carboxylic acids is 1. The highest BCUT2D eigenvalue weighted by Gasteiger charge is 2.15. The molecule has 0 aliphatic heterocycles. The molecule has 0 spiro atoms. The Balaban J connectivity index is 1.95. The molecule has 0 N–H and O–H groups in total. The molecule has 3 heteroatoms. The summed E-state index contributed by atoms with van der Waals surface area (Å²) in [6.45, 7) is 0. The van der Waals surface area contributed by atoms with Gasteiger partial charge in [0.15, 0.2) is 0 Å². The predicted molar refractivity (Wildman–Crippen MR) is 69.5 cm³/mol. The summed E-state index contributed by atoms with van der Waals surface area (Å²) >= 11 is 7.93. The molecule has 0 unspecified atom stereocenters. The van der Waals surface area contributed by atoms with Crippen LogP contribution in [0.25, 0.3) is 0 Å². The zero-order chi connectivity index (χ0) is 11.4. The quantitative estimate of drug-likeness (QED) is 0.584. The number of benzene rings is 1. The Morgan fingerprint density at radius 1 is 1.38 bits per heavy atom. The van der Waals surface area contributed by atoms with E-state index in [0.29, 0.717) is 10.6 Å². The van der Waals surface area contributed by atoms with Gasteiger partial charge in [-0.25, -0.2) is 0 Å². The molecular weight excluding hydrogens is 240 g/mol. The zero-order valence-corrected chi connectivity index (χ0v) is 10.7. The summed E-state index contributed by atoms with van der Waals surface area (Å²) in [6, 6.07) is 5.52. The van der Waals surface area contributed by atoms with Gasteiger partial charge in [0.05, 0.1) is 5.02 Å². The number of hydrogen-bond acceptors (Lipinski definition) is 2. The lowest BCUT2D eigenvalue weighted by Gasteiger charge is -2.09. The van der Waals surface area contributed by atoms with E-state index in [1.165, 1.54) is 25.7 Å². The molecule has 1 aromatic carbocycles. The zero-order valence-electron chi connectivity index (χ0n) is 9.12. The van der Waals surface area contributed by atoms with E-state index in [2.05, 4.69) is 0 Å². The molecule has 16 heavy (non-hydrogen) atoms. The minimum absolute atomic E-state index is 0.648. The van der Waals surface area contributed by atoms with Gasteiger partial charge in [-0.05, 0) is 30.9 Å². The molecule has 0 radical (unpaired) electrons. The summed E-state index contributed by atoms with van der Waals surface area (Å²) in [4.78, 5) is 11.7. The second-order valence-electron chi connectivity index (χ2n) is 4.27. The summed E-state index contributed by atoms with van der Waals surface area (Å²) in [5.41, 5.74) is 0.648. The van der Waals surface area contributed by atoms with Gasteiger partial charge in [-0.1, -0.05) is 30.5 Å². The van der Waals surface area contributed by atoms with Crippen molar-refractivity contribution in [3.05, 3.63) is 28.8 Å². The smallest absolute Gasteiger partial charge is 0.150 e. The fraction of sp³-hybridized carbons (Fsp3) is 0.462. The lowest BCUT2D eigenvalue weighted by atomic mass is 10.1. The van der Waals surface area contributed by atoms with Crippen molar-refractivity contribution in [1.29, 1.82) is 0 Å². The van der Waals surface area contributed by atoms with Crippen LogP contribution in [0.15, 0.2) is 23.1 Å². The van der Waals surface area contributed by atoms with Gasteiger partial charge in [0.2, 0.25) is 0 Å². The van der Waals surface area contributed by atoms with Crippen LogP contribution in [0.4, 0.5) is 0 Å². The summed E-state index contributed by atoms with van der Waals surface area (Å²) in [5.74, 6) is 2.01. The predicted octanol–water partition coefficient (Wildman–Crippen LogP) is 4.43. The Morgan fingerprint density at radius 3 is 2.75 bits per heavy atom. The topological polar surface area (TPSA) is 17.1 Å². The van der Waals surface area contributed by atoms with Crippen molar-refractivity contribution >= 4 is 29.6 Å². The first kappa shape index (κ1) is 12.0. The van der Waals surface area contributed by atoms with Gasteiger partial charge < -0.3 is 0 Å². The van der Waals surface area contributed by atoms with Gasteiger partial charge in [-0.2, -0.15) is 0 Å². The molecule has 0 aromatic heterocycles. The molecule has 1 nitrogen and oxygen atoms in total. The second kappa shape index (κ2) is 5.74. The maximum absolute atomic E-state index is 10.6. The monoisotopic (exact) mass is 254 g/mol. The third-order valence-electron chi connectivity index (χ3n) is 3.04. The lowest BCUT2D eigenvalue weighted by molar-refractivity contribution is 0.112. The van der Waals surface area contributed by atoms with E-state index in [0.717, 1.165) is 22.9 Å². The van der Waals surface area contributed by atoms with E-state index >= 15 is 0 Å². The van der Waals surface area contributed by atoms with Crippen LogP contribution in [-0.4, -0.2) is 12.0 Å². The van der Waals surface area contributed by atoms with Crippen LogP contribution in [0.5, 0.6) is 0 Å². The molecule has 2 rings (SSSR count). The van der Waals surface area contributed by atoms with E-state index in [9.17, 15) is 4.79 Å². The van der Waals surface area contributed by atoms with E-state index < -0.39 is 0 Å². The van der Waals surface area contributed by atoms with Crippen molar-refractivity contribution in [3.63, 3.8) is 0 Å². The minimum atomic E-state index is 0.648. The van der Waals surface area contributed by atoms with Crippen LogP contribution in [0.1, 0.15) is 36.0 Å². The van der Waals surface area contributed by atoms with Crippen molar-refractivity contribution in [2.75, 3.05) is 5.75 Å². The third-order valence-corrected chi connectivity index (χ3v) is 4.77. The SMILES string of the molecule is O=Cc1ccc(SCC2CCCC2)c(Cl)c1. The first-order chi connectivity index (χ1) is 7.79. The molecule has 1 aromatic rings. The molecule has 0 saturated heterocycles. The van der Waals surface area contributed by atoms with Crippen LogP contribution in [0, 0.1) is 5.92 Å². The third kappa shape index (κ3) is 3.02. The van der Waals surface area contributed by atoms with Gasteiger partial charge in [0.25, 0.3) is 0 Å². The maximum atomic E-state index is 10.6. The van der Waals surface area contributed by atoms with E-state index in [4.69, 9.17) is 11.6 Å². The number of halogens is 1. The first-order valence-electron chi connectivity index (χ1n) is 5.67. The average Bonchev–Trinajstić information content (AvgIpc) is 2.80. The number of carbonyl (C=O) groups is 1. The van der Waals surface area contributed by atoms with E-state index in [1.54, 1.807) is 6.07 Å². The molecular formula is C13H15ClOS. The molecule has 0 atom stereocenters. The largest absolute Gasteiger partial charge is 0.298 e. The highest BCUT2D eigenvalue weighted by atomic mass is 35.5. The molecule has 1 saturated carbocycles. The van der Waals surface area contributed by atoms with Crippen LogP contribution >= 0.6 is 23.4 Å². The van der Waals surface area contributed by atoms with Crippen LogP contribution in [0.3, 0.4) is 0 Å². The van der Waals surface area contributed by atoms with Crippen molar-refractivity contribution in [2.24, 2.45) is 5.92 Å². The summed E-state index contributed by atoms with van der Waals surface area (Å²) in [6.07, 6.45) is 6.30. The van der Waals surface area contributed by atoms with Gasteiger partial charge in [0, 0.05) is 16.2 Å². The molecule has 1 fully saturated rings. The molecule has 0 bridgehead atoms. The Hall–Kier alpha value is -0.470. The normalized spacial score (nSPS) is 16.6. The summed E-state index contributed by atoms with van der Waals surface area (Å²) < 4.78 is 0. The summed E-state index contributed by atoms with van der Waals surface area (Å²) in [5, 5.41) is 0.701. The number of thioether (sulfide) groups is 1. The fourth-order valence-electron chi connectivity index (χ4n) is 2.09. The summed E-state index contributed by atoms with van der Waals surface area (Å²) in [7, 11) is 0. The second-order valence-corrected chi connectivity index (χ2v) is 5.74. The van der Waals surface area contributed by atoms with Crippen molar-refractivity contribution < 1.29 is 4.79 Å². The van der Waals surface area contributed by atoms with Crippen molar-refractivity contribution in [3.8, 4) is 0 Å². The number of hydrogen-bond donors (Lipinski definition) is 0. The number of aldehydes is 1. The average molecular weight is 255 g/mol. The fourth-order valence-corrected chi connectivity index (χ4v) is 3.55. The first-order valence-corrected chi connectivity index (χ1v) is 7.03. The van der Waals surface area contributed by atoms with E-state index in [1.807, 2.05) is 23.9 Å². The molecule has 1 aliphatic carbocycles. The molecule has 0 heterocycles. The molecule has 86 valence electrons. The van der Waals surface area contributed by atoms with Gasteiger partial charge >= 0.3 is 0 Å². The Bertz CT molecular complexity index is 372. The van der Waals surface area contributed by atoms with Crippen molar-refractivity contribution in [1.82, 2.24) is 0 Å². The van der Waals surface area contributed by atoms with Crippen LogP contribution < -0.4 is 0 Å². The Kier molecular flexibility index (Phi) is 4.30. The maximum Gasteiger partial charge on any atom is 0.150 e. The molecule has 0 amide bonds. The number of rotatable bonds is 4. The van der Waals surface area contributed by atoms with Gasteiger partial charge in [0.1, 0.15) is 6.29 Å². The van der Waals surface area contributed by atoms with Gasteiger partial charge in [-0.3, -0.25) is 4.79 Å². The van der Waals surface area contributed by atoms with E-state index in [-0.39, 0.29) is 0 Å². The molecule has 1 aliphatic rings. The van der Waals surface area contributed by atoms with Gasteiger partial charge in [-0.15, -0.1) is 11.8 Å². The highest BCUT2D eigenvalue weighted by molar-refractivity contribution is 7.99. The lowest BCUT2D eigenvalue weighted by Crippen LogP contribution is -1.96. The Morgan fingerprint density at radius 2 is 2.12 bits per heavy atom. The highest BCUT2D eigenvalue weighted by Crippen LogP contribution is 2.34. The Labute approximate surface area is 106 Å². The standard InChI is InChI=1S/C13H15ClOS/c14-12-7-11(8-15)5-6-13(12)16-9-10-3-1-2-4-10/h5-8,10H,1-4,9H2. The van der Waals surface area contributed by atoms with Crippen LogP contribution in [0.2, 0.25) is 5.02 Å². The minimum Gasteiger partial charge on any atom is -0.298 e.